The highest BCUT2D eigenvalue weighted by Gasteiger charge is 2.25. The Morgan fingerprint density at radius 3 is 3.14 bits per heavy atom. The summed E-state index contributed by atoms with van der Waals surface area (Å²) in [4.78, 5) is 13.7. The second-order valence-corrected chi connectivity index (χ2v) is 3.64. The molecule has 80 valence electrons. The van der Waals surface area contributed by atoms with Gasteiger partial charge < -0.3 is 4.74 Å². The van der Waals surface area contributed by atoms with Crippen LogP contribution in [0, 0.1) is 5.92 Å². The Bertz CT molecular complexity index is 203. The van der Waals surface area contributed by atoms with Crippen molar-refractivity contribution in [2.24, 2.45) is 5.92 Å². The molecule has 1 heterocycles. The molecule has 3 nitrogen and oxygen atoms in total. The van der Waals surface area contributed by atoms with E-state index in [1.807, 2.05) is 13.0 Å². The van der Waals surface area contributed by atoms with Gasteiger partial charge in [-0.2, -0.15) is 0 Å². The molecule has 0 aromatic rings. The molecular formula is C11H19NO2. The van der Waals surface area contributed by atoms with Crippen molar-refractivity contribution in [1.29, 1.82) is 0 Å². The largest absolute Gasteiger partial charge is 0.466 e. The molecule has 3 heteroatoms. The standard InChI is InChI=1S/C11H19NO2/c1-3-7-12-8-5-6-10(9-12)11(13)14-4-2/h3,10H,1,4-9H2,2H3/t10-/m1/s1. The van der Waals surface area contributed by atoms with Crippen molar-refractivity contribution in [2.45, 2.75) is 19.8 Å². The van der Waals surface area contributed by atoms with E-state index in [-0.39, 0.29) is 11.9 Å². The van der Waals surface area contributed by atoms with Gasteiger partial charge in [0.2, 0.25) is 0 Å². The van der Waals surface area contributed by atoms with E-state index in [9.17, 15) is 4.79 Å². The lowest BCUT2D eigenvalue weighted by atomic mass is 9.98. The zero-order chi connectivity index (χ0) is 10.4. The Balaban J connectivity index is 2.38. The summed E-state index contributed by atoms with van der Waals surface area (Å²) in [5, 5.41) is 0. The molecule has 0 spiro atoms. The lowest BCUT2D eigenvalue weighted by Gasteiger charge is -2.30. The van der Waals surface area contributed by atoms with E-state index in [0.717, 1.165) is 32.5 Å². The number of hydrogen-bond donors (Lipinski definition) is 0. The number of likely N-dealkylation sites (tertiary alicyclic amines) is 1. The molecule has 1 rings (SSSR count). The van der Waals surface area contributed by atoms with Crippen molar-refractivity contribution in [3.8, 4) is 0 Å². The predicted octanol–water partition coefficient (Wildman–Crippen LogP) is 1.45. The quantitative estimate of drug-likeness (QED) is 0.504. The maximum atomic E-state index is 11.5. The minimum absolute atomic E-state index is 0.0405. The van der Waals surface area contributed by atoms with E-state index in [1.165, 1.54) is 0 Å². The number of ether oxygens (including phenoxy) is 1. The van der Waals surface area contributed by atoms with Gasteiger partial charge >= 0.3 is 5.97 Å². The Kier molecular flexibility index (Phi) is 4.66. The molecule has 0 aromatic heterocycles. The maximum Gasteiger partial charge on any atom is 0.310 e. The van der Waals surface area contributed by atoms with Gasteiger partial charge in [0.15, 0.2) is 0 Å². The Morgan fingerprint density at radius 1 is 1.71 bits per heavy atom. The lowest BCUT2D eigenvalue weighted by Crippen LogP contribution is -2.39. The summed E-state index contributed by atoms with van der Waals surface area (Å²) in [6.45, 7) is 8.80. The van der Waals surface area contributed by atoms with E-state index >= 15 is 0 Å². The van der Waals surface area contributed by atoms with Crippen molar-refractivity contribution in [3.05, 3.63) is 12.7 Å². The Hall–Kier alpha value is -0.830. The van der Waals surface area contributed by atoms with Gasteiger partial charge in [-0.1, -0.05) is 6.08 Å². The highest BCUT2D eigenvalue weighted by Crippen LogP contribution is 2.17. The van der Waals surface area contributed by atoms with Crippen LogP contribution in [-0.4, -0.2) is 37.1 Å². The van der Waals surface area contributed by atoms with Crippen LogP contribution in [-0.2, 0) is 9.53 Å². The molecule has 0 saturated carbocycles. The van der Waals surface area contributed by atoms with Crippen LogP contribution in [0.4, 0.5) is 0 Å². The average molecular weight is 197 g/mol. The summed E-state index contributed by atoms with van der Waals surface area (Å²) >= 11 is 0. The molecule has 1 atom stereocenters. The molecule has 0 aromatic carbocycles. The molecule has 1 aliphatic heterocycles. The van der Waals surface area contributed by atoms with E-state index < -0.39 is 0 Å². The third-order valence-electron chi connectivity index (χ3n) is 2.51. The van der Waals surface area contributed by atoms with Crippen molar-refractivity contribution in [2.75, 3.05) is 26.2 Å². The van der Waals surface area contributed by atoms with Gasteiger partial charge in [-0.3, -0.25) is 9.69 Å². The van der Waals surface area contributed by atoms with E-state index in [0.29, 0.717) is 6.61 Å². The minimum Gasteiger partial charge on any atom is -0.466 e. The van der Waals surface area contributed by atoms with Gasteiger partial charge in [0.1, 0.15) is 0 Å². The number of carbonyl (C=O) groups is 1. The first-order valence-electron chi connectivity index (χ1n) is 5.27. The number of nitrogens with zero attached hydrogens (tertiary/aromatic N) is 1. The first-order chi connectivity index (χ1) is 6.77. The maximum absolute atomic E-state index is 11.5. The third-order valence-corrected chi connectivity index (χ3v) is 2.51. The van der Waals surface area contributed by atoms with Crippen molar-refractivity contribution in [1.82, 2.24) is 4.90 Å². The van der Waals surface area contributed by atoms with Crippen molar-refractivity contribution >= 4 is 5.97 Å². The molecular weight excluding hydrogens is 178 g/mol. The van der Waals surface area contributed by atoms with Gasteiger partial charge in [0, 0.05) is 13.1 Å². The summed E-state index contributed by atoms with van der Waals surface area (Å²) in [5.41, 5.74) is 0. The van der Waals surface area contributed by atoms with Gasteiger partial charge in [-0.25, -0.2) is 0 Å². The van der Waals surface area contributed by atoms with Crippen molar-refractivity contribution < 1.29 is 9.53 Å². The van der Waals surface area contributed by atoms with Gasteiger partial charge in [-0.05, 0) is 26.3 Å². The zero-order valence-electron chi connectivity index (χ0n) is 8.87. The average Bonchev–Trinajstić information content (AvgIpc) is 2.19. The summed E-state index contributed by atoms with van der Waals surface area (Å²) < 4.78 is 5.02. The molecule has 0 amide bonds. The molecule has 1 fully saturated rings. The second-order valence-electron chi connectivity index (χ2n) is 3.64. The van der Waals surface area contributed by atoms with Crippen LogP contribution in [0.15, 0.2) is 12.7 Å². The predicted molar refractivity (Wildman–Crippen MR) is 56.0 cm³/mol. The SMILES string of the molecule is C=CCN1CCC[C@@H](C(=O)OCC)C1. The Labute approximate surface area is 85.7 Å². The van der Waals surface area contributed by atoms with E-state index in [4.69, 9.17) is 4.74 Å². The first-order valence-corrected chi connectivity index (χ1v) is 5.27. The van der Waals surface area contributed by atoms with Gasteiger partial charge in [0.05, 0.1) is 12.5 Å². The fraction of sp³-hybridized carbons (Fsp3) is 0.727. The highest BCUT2D eigenvalue weighted by molar-refractivity contribution is 5.72. The highest BCUT2D eigenvalue weighted by atomic mass is 16.5. The summed E-state index contributed by atoms with van der Waals surface area (Å²) in [7, 11) is 0. The smallest absolute Gasteiger partial charge is 0.310 e. The number of rotatable bonds is 4. The minimum atomic E-state index is -0.0405. The Morgan fingerprint density at radius 2 is 2.50 bits per heavy atom. The fourth-order valence-electron chi connectivity index (χ4n) is 1.86. The van der Waals surface area contributed by atoms with Crippen LogP contribution in [0.3, 0.4) is 0 Å². The van der Waals surface area contributed by atoms with Crippen LogP contribution in [0.5, 0.6) is 0 Å². The van der Waals surface area contributed by atoms with E-state index in [1.54, 1.807) is 0 Å². The van der Waals surface area contributed by atoms with Crippen LogP contribution in [0.2, 0.25) is 0 Å². The van der Waals surface area contributed by atoms with Crippen molar-refractivity contribution in [3.63, 3.8) is 0 Å². The first kappa shape index (κ1) is 11.2. The van der Waals surface area contributed by atoms with Gasteiger partial charge in [-0.15, -0.1) is 6.58 Å². The molecule has 0 unspecified atom stereocenters. The molecule has 1 aliphatic rings. The lowest BCUT2D eigenvalue weighted by molar-refractivity contribution is -0.149. The van der Waals surface area contributed by atoms with E-state index in [2.05, 4.69) is 11.5 Å². The zero-order valence-corrected chi connectivity index (χ0v) is 8.87. The second kappa shape index (κ2) is 5.81. The summed E-state index contributed by atoms with van der Waals surface area (Å²) in [5.74, 6) is 0.0323. The number of piperidine rings is 1. The number of carbonyl (C=O) groups excluding carboxylic acids is 1. The summed E-state index contributed by atoms with van der Waals surface area (Å²) in [6, 6.07) is 0. The topological polar surface area (TPSA) is 29.5 Å². The molecule has 0 bridgehead atoms. The van der Waals surface area contributed by atoms with Crippen LogP contribution in [0.25, 0.3) is 0 Å². The monoisotopic (exact) mass is 197 g/mol. The molecule has 1 saturated heterocycles. The third kappa shape index (κ3) is 3.14. The summed E-state index contributed by atoms with van der Waals surface area (Å²) in [6.07, 6.45) is 3.93. The number of esters is 1. The van der Waals surface area contributed by atoms with Gasteiger partial charge in [0.25, 0.3) is 0 Å². The normalized spacial score (nSPS) is 23.1. The number of hydrogen-bond acceptors (Lipinski definition) is 3. The molecule has 0 radical (unpaired) electrons. The molecule has 0 aliphatic carbocycles. The van der Waals surface area contributed by atoms with Crippen LogP contribution < -0.4 is 0 Å². The molecule has 14 heavy (non-hydrogen) atoms. The molecule has 0 N–H and O–H groups in total. The fourth-order valence-corrected chi connectivity index (χ4v) is 1.86. The van der Waals surface area contributed by atoms with Crippen LogP contribution in [0.1, 0.15) is 19.8 Å². The van der Waals surface area contributed by atoms with Crippen LogP contribution >= 0.6 is 0 Å².